The van der Waals surface area contributed by atoms with E-state index >= 15 is 0 Å². The number of benzene rings is 1. The molecule has 2 aliphatic rings. The summed E-state index contributed by atoms with van der Waals surface area (Å²) in [6, 6.07) is 9.82. The fraction of sp³-hybridized carbons (Fsp3) is 0.500. The molecular formula is C16H23N5O2. The van der Waals surface area contributed by atoms with Gasteiger partial charge >= 0.3 is 6.09 Å². The molecule has 1 aromatic rings. The van der Waals surface area contributed by atoms with Crippen LogP contribution in [0.15, 0.2) is 35.4 Å². The van der Waals surface area contributed by atoms with Crippen LogP contribution in [0.2, 0.25) is 0 Å². The summed E-state index contributed by atoms with van der Waals surface area (Å²) in [5.74, 6) is 5.99. The van der Waals surface area contributed by atoms with Crippen LogP contribution in [0.4, 0.5) is 4.79 Å². The van der Waals surface area contributed by atoms with Crippen molar-refractivity contribution in [2.45, 2.75) is 25.5 Å². The van der Waals surface area contributed by atoms with E-state index < -0.39 is 0 Å². The molecule has 4 N–H and O–H groups in total. The highest BCUT2D eigenvalue weighted by molar-refractivity contribution is 5.78. The Morgan fingerprint density at radius 2 is 2.09 bits per heavy atom. The van der Waals surface area contributed by atoms with Gasteiger partial charge < -0.3 is 26.1 Å². The van der Waals surface area contributed by atoms with Crippen molar-refractivity contribution >= 4 is 12.1 Å². The second kappa shape index (κ2) is 6.76. The van der Waals surface area contributed by atoms with Crippen molar-refractivity contribution in [3.8, 4) is 0 Å². The van der Waals surface area contributed by atoms with E-state index in [1.54, 1.807) is 0 Å². The summed E-state index contributed by atoms with van der Waals surface area (Å²) in [7, 11) is 0. The second-order valence-electron chi connectivity index (χ2n) is 6.10. The SMILES string of the molecule is NN=C(N)N1CC2CCCN(C(=O)OCc3ccccc3)C2C1. The number of guanidine groups is 1. The lowest BCUT2D eigenvalue weighted by molar-refractivity contribution is 0.0610. The Bertz CT molecular complexity index is 577. The van der Waals surface area contributed by atoms with E-state index in [0.717, 1.165) is 31.5 Å². The summed E-state index contributed by atoms with van der Waals surface area (Å²) >= 11 is 0. The fourth-order valence-electron chi connectivity index (χ4n) is 3.48. The first-order valence-corrected chi connectivity index (χ1v) is 7.94. The molecule has 0 saturated carbocycles. The highest BCUT2D eigenvalue weighted by Gasteiger charge is 2.42. The predicted octanol–water partition coefficient (Wildman–Crippen LogP) is 0.908. The van der Waals surface area contributed by atoms with Gasteiger partial charge in [0, 0.05) is 19.6 Å². The fourth-order valence-corrected chi connectivity index (χ4v) is 3.48. The maximum Gasteiger partial charge on any atom is 0.410 e. The first-order chi connectivity index (χ1) is 11.2. The lowest BCUT2D eigenvalue weighted by atomic mass is 9.92. The first-order valence-electron chi connectivity index (χ1n) is 7.94. The first kappa shape index (κ1) is 15.5. The Balaban J connectivity index is 1.61. The van der Waals surface area contributed by atoms with E-state index in [2.05, 4.69) is 5.10 Å². The molecule has 1 amide bonds. The monoisotopic (exact) mass is 317 g/mol. The molecular weight excluding hydrogens is 294 g/mol. The van der Waals surface area contributed by atoms with E-state index in [4.69, 9.17) is 16.3 Å². The summed E-state index contributed by atoms with van der Waals surface area (Å²) < 4.78 is 5.48. The summed E-state index contributed by atoms with van der Waals surface area (Å²) in [4.78, 5) is 16.2. The zero-order valence-electron chi connectivity index (χ0n) is 13.1. The molecule has 0 bridgehead atoms. The topological polar surface area (TPSA) is 97.2 Å². The normalized spacial score (nSPS) is 24.4. The van der Waals surface area contributed by atoms with E-state index in [9.17, 15) is 4.79 Å². The number of nitrogens with two attached hydrogens (primary N) is 2. The van der Waals surface area contributed by atoms with Gasteiger partial charge in [-0.3, -0.25) is 0 Å². The Morgan fingerprint density at radius 1 is 1.30 bits per heavy atom. The predicted molar refractivity (Wildman–Crippen MR) is 87.2 cm³/mol. The van der Waals surface area contributed by atoms with Crippen molar-refractivity contribution in [2.24, 2.45) is 22.6 Å². The van der Waals surface area contributed by atoms with Crippen molar-refractivity contribution in [3.05, 3.63) is 35.9 Å². The van der Waals surface area contributed by atoms with Gasteiger partial charge in [-0.1, -0.05) is 30.3 Å². The van der Waals surface area contributed by atoms with Crippen LogP contribution in [0.5, 0.6) is 0 Å². The Labute approximate surface area is 135 Å². The minimum atomic E-state index is -0.256. The van der Waals surface area contributed by atoms with Crippen LogP contribution >= 0.6 is 0 Å². The van der Waals surface area contributed by atoms with Crippen molar-refractivity contribution in [1.29, 1.82) is 0 Å². The highest BCUT2D eigenvalue weighted by atomic mass is 16.6. The zero-order valence-corrected chi connectivity index (χ0v) is 13.1. The van der Waals surface area contributed by atoms with Gasteiger partial charge in [0.2, 0.25) is 5.96 Å². The van der Waals surface area contributed by atoms with Gasteiger partial charge in [-0.05, 0) is 24.3 Å². The van der Waals surface area contributed by atoms with Crippen LogP contribution in [0, 0.1) is 5.92 Å². The third-order valence-electron chi connectivity index (χ3n) is 4.68. The van der Waals surface area contributed by atoms with E-state index in [1.807, 2.05) is 40.1 Å². The Kier molecular flexibility index (Phi) is 4.55. The van der Waals surface area contributed by atoms with E-state index in [-0.39, 0.29) is 12.1 Å². The van der Waals surface area contributed by atoms with Crippen LogP contribution < -0.4 is 11.6 Å². The van der Waals surface area contributed by atoms with Crippen molar-refractivity contribution in [1.82, 2.24) is 9.80 Å². The van der Waals surface area contributed by atoms with Gasteiger partial charge in [-0.15, -0.1) is 5.10 Å². The number of hydrogen-bond donors (Lipinski definition) is 2. The average molecular weight is 317 g/mol. The molecule has 124 valence electrons. The van der Waals surface area contributed by atoms with Gasteiger partial charge in [-0.2, -0.15) is 0 Å². The largest absolute Gasteiger partial charge is 0.445 e. The number of amides is 1. The number of ether oxygens (including phenoxy) is 1. The molecule has 0 aliphatic carbocycles. The summed E-state index contributed by atoms with van der Waals surface area (Å²) in [6.07, 6.45) is 1.81. The number of piperidine rings is 1. The van der Waals surface area contributed by atoms with Crippen LogP contribution in [0.25, 0.3) is 0 Å². The van der Waals surface area contributed by atoms with E-state index in [1.165, 1.54) is 0 Å². The number of carbonyl (C=O) groups excluding carboxylic acids is 1. The quantitative estimate of drug-likeness (QED) is 0.366. The van der Waals surface area contributed by atoms with Crippen LogP contribution in [-0.4, -0.2) is 47.5 Å². The van der Waals surface area contributed by atoms with Crippen molar-refractivity contribution in [3.63, 3.8) is 0 Å². The molecule has 3 rings (SSSR count). The zero-order chi connectivity index (χ0) is 16.2. The summed E-state index contributed by atoms with van der Waals surface area (Å²) in [5.41, 5.74) is 6.79. The maximum absolute atomic E-state index is 12.5. The lowest BCUT2D eigenvalue weighted by Gasteiger charge is -2.35. The minimum Gasteiger partial charge on any atom is -0.445 e. The summed E-state index contributed by atoms with van der Waals surface area (Å²) in [5, 5.41) is 3.56. The standard InChI is InChI=1S/C16H23N5O2/c17-15(19-18)20-9-13-7-4-8-21(14(13)10-20)16(22)23-11-12-5-2-1-3-6-12/h1-3,5-6,13-14H,4,7-11,18H2,(H2,17,19). The molecule has 7 nitrogen and oxygen atoms in total. The molecule has 23 heavy (non-hydrogen) atoms. The lowest BCUT2D eigenvalue weighted by Crippen LogP contribution is -2.49. The molecule has 1 aromatic carbocycles. The third-order valence-corrected chi connectivity index (χ3v) is 4.68. The van der Waals surface area contributed by atoms with Gasteiger partial charge in [-0.25, -0.2) is 4.79 Å². The molecule has 2 heterocycles. The number of nitrogens with zero attached hydrogens (tertiary/aromatic N) is 3. The molecule has 0 spiro atoms. The molecule has 2 unspecified atom stereocenters. The summed E-state index contributed by atoms with van der Waals surface area (Å²) in [6.45, 7) is 2.48. The number of carbonyl (C=O) groups is 1. The number of rotatable bonds is 2. The van der Waals surface area contributed by atoms with Gasteiger partial charge in [0.05, 0.1) is 6.04 Å². The number of hydrogen-bond acceptors (Lipinski definition) is 4. The highest BCUT2D eigenvalue weighted by Crippen LogP contribution is 2.31. The molecule has 0 radical (unpaired) electrons. The number of fused-ring (bicyclic) bond motifs is 1. The van der Waals surface area contributed by atoms with Crippen molar-refractivity contribution in [2.75, 3.05) is 19.6 Å². The molecule has 2 atom stereocenters. The molecule has 2 saturated heterocycles. The second-order valence-corrected chi connectivity index (χ2v) is 6.10. The van der Waals surface area contributed by atoms with Crippen LogP contribution in [0.3, 0.4) is 0 Å². The Hall–Kier alpha value is -2.44. The minimum absolute atomic E-state index is 0.118. The number of hydrazone groups is 1. The van der Waals surface area contributed by atoms with E-state index in [0.29, 0.717) is 25.0 Å². The van der Waals surface area contributed by atoms with Gasteiger partial charge in [0.25, 0.3) is 0 Å². The molecule has 2 aliphatic heterocycles. The third kappa shape index (κ3) is 3.33. The van der Waals surface area contributed by atoms with Crippen LogP contribution in [-0.2, 0) is 11.3 Å². The smallest absolute Gasteiger partial charge is 0.410 e. The van der Waals surface area contributed by atoms with Gasteiger partial charge in [0.15, 0.2) is 0 Å². The van der Waals surface area contributed by atoms with Gasteiger partial charge in [0.1, 0.15) is 6.61 Å². The molecule has 2 fully saturated rings. The maximum atomic E-state index is 12.5. The number of likely N-dealkylation sites (tertiary alicyclic amines) is 2. The van der Waals surface area contributed by atoms with Crippen molar-refractivity contribution < 1.29 is 9.53 Å². The molecule has 7 heteroatoms. The Morgan fingerprint density at radius 3 is 2.83 bits per heavy atom. The van der Waals surface area contributed by atoms with Crippen LogP contribution in [0.1, 0.15) is 18.4 Å². The average Bonchev–Trinajstić information content (AvgIpc) is 3.04. The molecule has 0 aromatic heterocycles.